The van der Waals surface area contributed by atoms with E-state index < -0.39 is 0 Å². The molecule has 0 spiro atoms. The predicted molar refractivity (Wildman–Crippen MR) is 40.4 cm³/mol. The molecule has 0 unspecified atom stereocenters. The van der Waals surface area contributed by atoms with Crippen LogP contribution in [0.25, 0.3) is 0 Å². The van der Waals surface area contributed by atoms with Gasteiger partial charge in [0, 0.05) is 0 Å². The van der Waals surface area contributed by atoms with Gasteiger partial charge in [0.05, 0.1) is 0 Å². The summed E-state index contributed by atoms with van der Waals surface area (Å²) in [5.41, 5.74) is 0. The monoisotopic (exact) mass is 278 g/mol. The van der Waals surface area contributed by atoms with E-state index in [0.29, 0.717) is 3.53 Å². The maximum absolute atomic E-state index is 4.37. The van der Waals surface area contributed by atoms with Gasteiger partial charge in [-0.15, -0.1) is 0 Å². The van der Waals surface area contributed by atoms with Crippen LogP contribution in [0.15, 0.2) is 0 Å². The van der Waals surface area contributed by atoms with E-state index in [0.717, 1.165) is 10.3 Å². The van der Waals surface area contributed by atoms with Gasteiger partial charge in [0.2, 0.25) is 0 Å². The third kappa shape index (κ3) is 9.68. The molecule has 30 valence electrons. The van der Waals surface area contributed by atoms with Gasteiger partial charge >= 0.3 is 48.9 Å². The van der Waals surface area contributed by atoms with E-state index in [1.54, 1.807) is 0 Å². The molecule has 0 aliphatic carbocycles. The summed E-state index contributed by atoms with van der Waals surface area (Å²) >= 11 is 13.1. The fourth-order valence-corrected chi connectivity index (χ4v) is 0. The van der Waals surface area contributed by atoms with E-state index in [1.165, 1.54) is 0 Å². The summed E-state index contributed by atoms with van der Waals surface area (Å²) in [4.78, 5) is 0. The minimum absolute atomic E-state index is 0. The summed E-state index contributed by atoms with van der Waals surface area (Å²) in [5, 5.41) is 0. The summed E-state index contributed by atoms with van der Waals surface area (Å²) in [6, 6.07) is 0. The first-order valence-electron chi connectivity index (χ1n) is 0.779. The molecule has 0 aliphatic rings. The van der Waals surface area contributed by atoms with E-state index >= 15 is 0 Å². The van der Waals surface area contributed by atoms with Crippen molar-refractivity contribution < 1.29 is 0 Å². The Hall–Kier alpha value is 2.45. The van der Waals surface area contributed by atoms with Crippen LogP contribution < -0.4 is 0 Å². The average molecular weight is 278 g/mol. The first-order valence-corrected chi connectivity index (χ1v) is 3.34. The molecule has 0 radical (unpaired) electrons. The quantitative estimate of drug-likeness (QED) is 0.347. The van der Waals surface area contributed by atoms with Crippen LogP contribution >= 0.6 is 12.2 Å². The van der Waals surface area contributed by atoms with Gasteiger partial charge in [0.1, 0.15) is 0 Å². The first-order chi connectivity index (χ1) is 2.27. The van der Waals surface area contributed by atoms with Crippen molar-refractivity contribution in [1.82, 2.24) is 0 Å². The zero-order chi connectivity index (χ0) is 4.28. The number of hydrogen-bond donors (Lipinski definition) is 0. The van der Waals surface area contributed by atoms with Gasteiger partial charge in [0.15, 0.2) is 0 Å². The largest absolute Gasteiger partial charge is 2.00 e. The predicted octanol–water partition coefficient (Wildman–Crippen LogP) is -0.0181. The Balaban J connectivity index is 0. The zero-order valence-corrected chi connectivity index (χ0v) is 10.5. The van der Waals surface area contributed by atoms with Crippen LogP contribution in [0, 0.1) is 0 Å². The van der Waals surface area contributed by atoms with E-state index in [-0.39, 0.29) is 48.9 Å². The van der Waals surface area contributed by atoms with Gasteiger partial charge in [-0.25, -0.2) is 0 Å². The standard InChI is InChI=1S/CHS4.Ba/c2-1(3)5-4;/h(H,2,3);/q-1;+2/p-1. The molecule has 5 heteroatoms. The Morgan fingerprint density at radius 2 is 1.83 bits per heavy atom. The Kier molecular flexibility index (Phi) is 14.0. The molecule has 0 heterocycles. The SMILES string of the molecule is S=[S-]C(=S)[S-].[Ba+2]. The number of rotatable bonds is 0. The minimum atomic E-state index is 0. The third-order valence-electron chi connectivity index (χ3n) is 0.0680. The number of thiocarbonyl (C=S) groups is 1. The molecular formula is CBaS4. The molecule has 0 aromatic rings. The van der Waals surface area contributed by atoms with Crippen LogP contribution in [0.2, 0.25) is 0 Å². The van der Waals surface area contributed by atoms with Crippen molar-refractivity contribution >= 4 is 98.8 Å². The van der Waals surface area contributed by atoms with Crippen molar-refractivity contribution in [2.24, 2.45) is 0 Å². The smallest absolute Gasteiger partial charge is 0.524 e. The van der Waals surface area contributed by atoms with Crippen LogP contribution in [0.1, 0.15) is 0 Å². The molecule has 0 saturated heterocycles. The topological polar surface area (TPSA) is 0 Å². The van der Waals surface area contributed by atoms with Crippen molar-refractivity contribution in [2.45, 2.75) is 0 Å². The molecule has 0 N–H and O–H groups in total. The molecule has 0 aliphatic heterocycles. The molecule has 0 aromatic carbocycles. The Morgan fingerprint density at radius 1 is 1.67 bits per heavy atom. The average Bonchev–Trinajstić information content (AvgIpc) is 1.38. The molecule has 0 aromatic heterocycles. The Bertz CT molecular complexity index is 58.6. The van der Waals surface area contributed by atoms with Gasteiger partial charge < -0.3 is 35.2 Å². The second-order valence-corrected chi connectivity index (χ2v) is 3.00. The van der Waals surface area contributed by atoms with Crippen molar-refractivity contribution in [3.05, 3.63) is 0 Å². The Labute approximate surface area is 96.6 Å². The van der Waals surface area contributed by atoms with E-state index in [2.05, 4.69) is 36.0 Å². The zero-order valence-electron chi connectivity index (χ0n) is 2.84. The van der Waals surface area contributed by atoms with E-state index in [9.17, 15) is 0 Å². The van der Waals surface area contributed by atoms with Crippen LogP contribution in [0.3, 0.4) is 0 Å². The van der Waals surface area contributed by atoms with Crippen molar-refractivity contribution in [3.63, 3.8) is 0 Å². The molecule has 0 atom stereocenters. The van der Waals surface area contributed by atoms with E-state index in [1.807, 2.05) is 0 Å². The Morgan fingerprint density at radius 3 is 1.83 bits per heavy atom. The molecule has 0 bridgehead atoms. The van der Waals surface area contributed by atoms with Gasteiger partial charge in [0.25, 0.3) is 0 Å². The van der Waals surface area contributed by atoms with Crippen LogP contribution in [0.5, 0.6) is 0 Å². The second-order valence-electron chi connectivity index (χ2n) is 0.333. The van der Waals surface area contributed by atoms with Gasteiger partial charge in [-0.2, -0.15) is 0 Å². The van der Waals surface area contributed by atoms with Crippen molar-refractivity contribution in [2.75, 3.05) is 0 Å². The van der Waals surface area contributed by atoms with Crippen LogP contribution in [0.4, 0.5) is 0 Å². The van der Waals surface area contributed by atoms with Crippen LogP contribution in [-0.4, -0.2) is 52.4 Å². The van der Waals surface area contributed by atoms with Gasteiger partial charge in [-0.3, -0.25) is 14.7 Å². The summed E-state index contributed by atoms with van der Waals surface area (Å²) in [5.74, 6) is 0. The first kappa shape index (κ1) is 11.3. The summed E-state index contributed by atoms with van der Waals surface area (Å²) in [6.45, 7) is 0. The molecule has 0 amide bonds. The van der Waals surface area contributed by atoms with Gasteiger partial charge in [-0.1, -0.05) is 0 Å². The molecule has 0 fully saturated rings. The molecule has 0 rings (SSSR count). The third-order valence-corrected chi connectivity index (χ3v) is 1.84. The summed E-state index contributed by atoms with van der Waals surface area (Å²) in [6.07, 6.45) is 0. The normalized spacial score (nSPS) is 6.00. The molecule has 0 saturated carbocycles. The van der Waals surface area contributed by atoms with Crippen LogP contribution in [-0.2, 0) is 34.1 Å². The molecule has 6 heavy (non-hydrogen) atoms. The fourth-order valence-electron chi connectivity index (χ4n) is 0. The van der Waals surface area contributed by atoms with Crippen molar-refractivity contribution in [1.29, 1.82) is 0 Å². The molecule has 0 nitrogen and oxygen atoms in total. The minimum Gasteiger partial charge on any atom is -0.524 e. The van der Waals surface area contributed by atoms with E-state index in [4.69, 9.17) is 0 Å². The maximum Gasteiger partial charge on any atom is 2.00 e. The summed E-state index contributed by atoms with van der Waals surface area (Å²) in [7, 11) is 1.01. The second kappa shape index (κ2) is 7.45. The fraction of sp³-hybridized carbons (Fsp3) is 0. The van der Waals surface area contributed by atoms with Gasteiger partial charge in [-0.05, 0) is 0 Å². The van der Waals surface area contributed by atoms with Crippen molar-refractivity contribution in [3.8, 4) is 0 Å². The molecular weight excluding hydrogens is 278 g/mol. The number of hydrogen-bond acceptors (Lipinski definition) is 4. The maximum atomic E-state index is 4.37. The summed E-state index contributed by atoms with van der Waals surface area (Å²) < 4.78 is 0.403.